The van der Waals surface area contributed by atoms with Crippen molar-refractivity contribution in [3.05, 3.63) is 51.7 Å². The number of aldehydes is 1. The van der Waals surface area contributed by atoms with Crippen LogP contribution in [0.5, 0.6) is 0 Å². The molecule has 0 aliphatic carbocycles. The Morgan fingerprint density at radius 3 is 1.58 bits per heavy atom. The largest absolute Gasteiger partial charge is 0.461 e. The summed E-state index contributed by atoms with van der Waals surface area (Å²) >= 11 is 0. The van der Waals surface area contributed by atoms with Crippen LogP contribution in [0.25, 0.3) is 0 Å². The smallest absolute Gasteiger partial charge is 0.296 e. The maximum atomic E-state index is 10.9. The van der Waals surface area contributed by atoms with Gasteiger partial charge in [-0.25, -0.2) is 4.99 Å². The molecule has 14 nitrogen and oxygen atoms in total. The summed E-state index contributed by atoms with van der Waals surface area (Å²) in [4.78, 5) is 53.4. The number of carbonyl (C=O) groups is 1. The van der Waals surface area contributed by atoms with Gasteiger partial charge in [-0.3, -0.25) is 45.3 Å². The quantitative estimate of drug-likeness (QED) is 0.242. The lowest BCUT2D eigenvalue weighted by Gasteiger charge is -2.23. The van der Waals surface area contributed by atoms with Crippen LogP contribution < -0.4 is 0 Å². The number of aliphatic imine (C=N–C) groups is 1. The summed E-state index contributed by atoms with van der Waals surface area (Å²) < 4.78 is 0. The van der Waals surface area contributed by atoms with Crippen LogP contribution in [0, 0.1) is 40.5 Å². The van der Waals surface area contributed by atoms with E-state index in [4.69, 9.17) is 0 Å². The highest BCUT2D eigenvalue weighted by Gasteiger charge is 2.56. The summed E-state index contributed by atoms with van der Waals surface area (Å²) in [7, 11) is 0. The first kappa shape index (κ1) is 18.7. The molecule has 1 rings (SSSR count). The SMILES string of the molecule is CC(CC1=C(CC(C)([N+](=O)[O-])[N+](=O)[O-])C(C=O)=N1)([N+](=O)[O-])[N+](=O)[O-]. The summed E-state index contributed by atoms with van der Waals surface area (Å²) in [5.41, 5.74) is -6.34. The molecule has 24 heavy (non-hydrogen) atoms. The molecule has 130 valence electrons. The molecule has 1 heterocycles. The Hall–Kier alpha value is -3.32. The zero-order valence-corrected chi connectivity index (χ0v) is 12.4. The minimum atomic E-state index is -2.70. The van der Waals surface area contributed by atoms with Crippen molar-refractivity contribution in [1.29, 1.82) is 0 Å². The standard InChI is InChI=1S/C10H11N5O9/c1-9(12(17)18,13(19)20)3-6-7(11-8(6)5-16)4-10(2,14(21)22)15(23)24/h5H,3-4H2,1-2H3. The molecule has 0 saturated heterocycles. The van der Waals surface area contributed by atoms with E-state index >= 15 is 0 Å². The van der Waals surface area contributed by atoms with Gasteiger partial charge in [0.15, 0.2) is 6.29 Å². The van der Waals surface area contributed by atoms with Crippen molar-refractivity contribution in [2.24, 2.45) is 4.99 Å². The van der Waals surface area contributed by atoms with Crippen LogP contribution in [0.2, 0.25) is 0 Å². The Labute approximate surface area is 132 Å². The second kappa shape index (κ2) is 6.05. The molecule has 0 aromatic heterocycles. The molecule has 0 radical (unpaired) electrons. The van der Waals surface area contributed by atoms with Crippen molar-refractivity contribution in [3.63, 3.8) is 0 Å². The maximum Gasteiger partial charge on any atom is 0.461 e. The Kier molecular flexibility index (Phi) is 4.72. The maximum absolute atomic E-state index is 10.9. The van der Waals surface area contributed by atoms with E-state index in [1.807, 2.05) is 0 Å². The van der Waals surface area contributed by atoms with Crippen molar-refractivity contribution in [2.75, 3.05) is 0 Å². The monoisotopic (exact) mass is 345 g/mol. The second-order valence-corrected chi connectivity index (χ2v) is 5.36. The van der Waals surface area contributed by atoms with Gasteiger partial charge in [-0.2, -0.15) is 0 Å². The molecular weight excluding hydrogens is 334 g/mol. The van der Waals surface area contributed by atoms with Crippen LogP contribution in [0.1, 0.15) is 26.7 Å². The predicted octanol–water partition coefficient (Wildman–Crippen LogP) is 0.213. The lowest BCUT2D eigenvalue weighted by atomic mass is 9.89. The first-order chi connectivity index (χ1) is 10.9. The highest BCUT2D eigenvalue weighted by atomic mass is 16.7. The van der Waals surface area contributed by atoms with Crippen molar-refractivity contribution < 1.29 is 24.5 Å². The molecule has 0 fully saturated rings. The van der Waals surface area contributed by atoms with Gasteiger partial charge in [0.1, 0.15) is 18.6 Å². The minimum absolute atomic E-state index is 0.162. The lowest BCUT2D eigenvalue weighted by Crippen LogP contribution is -2.46. The van der Waals surface area contributed by atoms with Gasteiger partial charge in [-0.1, -0.05) is 0 Å². The van der Waals surface area contributed by atoms with E-state index in [0.29, 0.717) is 13.8 Å². The predicted molar refractivity (Wildman–Crippen MR) is 74.5 cm³/mol. The molecule has 14 heteroatoms. The van der Waals surface area contributed by atoms with E-state index in [0.717, 1.165) is 0 Å². The van der Waals surface area contributed by atoms with E-state index in [9.17, 15) is 45.3 Å². The third kappa shape index (κ3) is 2.92. The van der Waals surface area contributed by atoms with E-state index in [2.05, 4.69) is 4.99 Å². The van der Waals surface area contributed by atoms with E-state index in [-0.39, 0.29) is 23.3 Å². The zero-order valence-electron chi connectivity index (χ0n) is 12.4. The fraction of sp³-hybridized carbons (Fsp3) is 0.600. The topological polar surface area (TPSA) is 202 Å². The summed E-state index contributed by atoms with van der Waals surface area (Å²) in [6, 6.07) is 0. The molecule has 1 aliphatic rings. The highest BCUT2D eigenvalue weighted by Crippen LogP contribution is 2.34. The van der Waals surface area contributed by atoms with E-state index in [1.54, 1.807) is 0 Å². The van der Waals surface area contributed by atoms with Crippen molar-refractivity contribution in [1.82, 2.24) is 0 Å². The van der Waals surface area contributed by atoms with Gasteiger partial charge in [0.05, 0.1) is 39.2 Å². The molecule has 0 bridgehead atoms. The summed E-state index contributed by atoms with van der Waals surface area (Å²) in [5.74, 6) is 0. The van der Waals surface area contributed by atoms with Gasteiger partial charge in [0, 0.05) is 5.57 Å². The number of nitro groups is 4. The molecule has 0 saturated carbocycles. The van der Waals surface area contributed by atoms with Crippen LogP contribution in [0.3, 0.4) is 0 Å². The minimum Gasteiger partial charge on any atom is -0.296 e. The Morgan fingerprint density at radius 1 is 0.875 bits per heavy atom. The number of hydrogen-bond acceptors (Lipinski definition) is 10. The summed E-state index contributed by atoms with van der Waals surface area (Å²) in [6.07, 6.45) is -1.59. The first-order valence-electron chi connectivity index (χ1n) is 6.24. The Morgan fingerprint density at radius 2 is 1.25 bits per heavy atom. The van der Waals surface area contributed by atoms with Crippen molar-refractivity contribution in [3.8, 4) is 0 Å². The molecule has 0 spiro atoms. The molecule has 0 aromatic rings. The Bertz CT molecular complexity index is 682. The van der Waals surface area contributed by atoms with Crippen LogP contribution in [0.4, 0.5) is 0 Å². The van der Waals surface area contributed by atoms with E-state index < -0.39 is 43.9 Å². The van der Waals surface area contributed by atoms with Crippen molar-refractivity contribution in [2.45, 2.75) is 38.0 Å². The molecule has 0 unspecified atom stereocenters. The van der Waals surface area contributed by atoms with Gasteiger partial charge >= 0.3 is 11.3 Å². The van der Waals surface area contributed by atoms with E-state index in [1.165, 1.54) is 0 Å². The Balaban J connectivity index is 3.26. The van der Waals surface area contributed by atoms with Crippen molar-refractivity contribution >= 4 is 12.0 Å². The average Bonchev–Trinajstić information content (AvgIpc) is 2.46. The van der Waals surface area contributed by atoms with Gasteiger partial charge in [-0.05, 0) is 0 Å². The third-order valence-corrected chi connectivity index (χ3v) is 3.61. The average molecular weight is 345 g/mol. The highest BCUT2D eigenvalue weighted by molar-refractivity contribution is 6.39. The molecule has 0 aromatic carbocycles. The van der Waals surface area contributed by atoms with Crippen LogP contribution >= 0.6 is 0 Å². The normalized spacial score (nSPS) is 14.5. The second-order valence-electron chi connectivity index (χ2n) is 5.36. The van der Waals surface area contributed by atoms with Crippen LogP contribution in [0.15, 0.2) is 16.3 Å². The number of rotatable bonds is 9. The molecular formula is C10H11N5O9. The fourth-order valence-corrected chi connectivity index (χ4v) is 1.86. The fourth-order valence-electron chi connectivity index (χ4n) is 1.86. The molecule has 0 atom stereocenters. The summed E-state index contributed by atoms with van der Waals surface area (Å²) in [5, 5.41) is 43.7. The molecule has 0 amide bonds. The van der Waals surface area contributed by atoms with Crippen LogP contribution in [-0.4, -0.2) is 43.0 Å². The number of nitrogens with zero attached hydrogens (tertiary/aromatic N) is 5. The number of carbonyl (C=O) groups excluding carboxylic acids is 1. The first-order valence-corrected chi connectivity index (χ1v) is 6.24. The van der Waals surface area contributed by atoms with Gasteiger partial charge in [-0.15, -0.1) is 0 Å². The molecule has 1 aliphatic heterocycles. The lowest BCUT2D eigenvalue weighted by molar-refractivity contribution is -0.792. The van der Waals surface area contributed by atoms with Gasteiger partial charge < -0.3 is 0 Å². The zero-order chi connectivity index (χ0) is 18.9. The third-order valence-electron chi connectivity index (χ3n) is 3.61. The molecule has 0 N–H and O–H groups in total. The number of hydrogen-bond donors (Lipinski definition) is 0. The summed E-state index contributed by atoms with van der Waals surface area (Å²) in [6.45, 7) is 1.39. The van der Waals surface area contributed by atoms with Crippen LogP contribution in [-0.2, 0) is 4.79 Å². The van der Waals surface area contributed by atoms with Gasteiger partial charge in [0.2, 0.25) is 0 Å². The van der Waals surface area contributed by atoms with Gasteiger partial charge in [0.25, 0.3) is 0 Å².